The molecular weight excluding hydrogens is 396 g/mol. The van der Waals surface area contributed by atoms with E-state index >= 15 is 0 Å². The van der Waals surface area contributed by atoms with Crippen LogP contribution in [0.2, 0.25) is 0 Å². The first-order valence-electron chi connectivity index (χ1n) is 9.90. The number of dihydropyridines is 1. The van der Waals surface area contributed by atoms with Crippen molar-refractivity contribution in [2.75, 3.05) is 20.8 Å². The monoisotopic (exact) mass is 422 g/mol. The molecule has 0 saturated heterocycles. The molecule has 0 fully saturated rings. The van der Waals surface area contributed by atoms with E-state index in [0.29, 0.717) is 28.2 Å². The summed E-state index contributed by atoms with van der Waals surface area (Å²) in [6, 6.07) is 14.9. The van der Waals surface area contributed by atoms with E-state index in [4.69, 9.17) is 14.2 Å². The Morgan fingerprint density at radius 2 is 1.61 bits per heavy atom. The largest absolute Gasteiger partial charge is 0.466 e. The van der Waals surface area contributed by atoms with Gasteiger partial charge in [0.1, 0.15) is 12.7 Å². The molecule has 3 rings (SSSR count). The first kappa shape index (κ1) is 22.2. The highest BCUT2D eigenvalue weighted by molar-refractivity contribution is 5.99. The van der Waals surface area contributed by atoms with Gasteiger partial charge in [0.2, 0.25) is 0 Å². The third kappa shape index (κ3) is 4.83. The summed E-state index contributed by atoms with van der Waals surface area (Å²) >= 11 is 0. The molecule has 0 bridgehead atoms. The summed E-state index contributed by atoms with van der Waals surface area (Å²) < 4.78 is 16.1. The van der Waals surface area contributed by atoms with Gasteiger partial charge in [0.05, 0.1) is 29.9 Å². The highest BCUT2D eigenvalue weighted by Gasteiger charge is 2.38. The summed E-state index contributed by atoms with van der Waals surface area (Å²) in [5.41, 5.74) is 3.30. The molecule has 2 unspecified atom stereocenters. The third-order valence-electron chi connectivity index (χ3n) is 5.19. The second-order valence-corrected chi connectivity index (χ2v) is 7.12. The number of esters is 2. The molecule has 7 heteroatoms. The Kier molecular flexibility index (Phi) is 7.20. The van der Waals surface area contributed by atoms with Crippen molar-refractivity contribution in [3.05, 3.63) is 88.5 Å². The van der Waals surface area contributed by atoms with Crippen LogP contribution in [0.25, 0.3) is 0 Å². The zero-order valence-corrected chi connectivity index (χ0v) is 18.0. The predicted molar refractivity (Wildman–Crippen MR) is 115 cm³/mol. The van der Waals surface area contributed by atoms with Gasteiger partial charge in [0.25, 0.3) is 0 Å². The molecule has 2 aromatic rings. The molecule has 0 saturated carbocycles. The van der Waals surface area contributed by atoms with E-state index in [1.807, 2.05) is 36.4 Å². The molecule has 0 aliphatic carbocycles. The molecule has 1 aliphatic heterocycles. The van der Waals surface area contributed by atoms with Crippen LogP contribution in [0, 0.1) is 0 Å². The van der Waals surface area contributed by atoms with E-state index in [1.165, 1.54) is 7.11 Å². The Morgan fingerprint density at radius 1 is 0.968 bits per heavy atom. The number of nitrogens with zero attached hydrogens (tertiary/aromatic N) is 1. The maximum absolute atomic E-state index is 13.2. The number of carbonyl (C=O) groups is 2. The summed E-state index contributed by atoms with van der Waals surface area (Å²) in [5, 5.41) is 3.11. The lowest BCUT2D eigenvalue weighted by molar-refractivity contribution is -0.143. The van der Waals surface area contributed by atoms with Crippen molar-refractivity contribution in [3.8, 4) is 0 Å². The summed E-state index contributed by atoms with van der Waals surface area (Å²) in [5.74, 6) is -1.79. The van der Waals surface area contributed by atoms with E-state index in [2.05, 4.69) is 10.3 Å². The quantitative estimate of drug-likeness (QED) is 0.684. The van der Waals surface area contributed by atoms with Gasteiger partial charge < -0.3 is 19.5 Å². The molecule has 31 heavy (non-hydrogen) atoms. The van der Waals surface area contributed by atoms with Crippen molar-refractivity contribution in [2.24, 2.45) is 0 Å². The Balaban J connectivity index is 1.92. The number of rotatable bonds is 7. The van der Waals surface area contributed by atoms with Gasteiger partial charge in [-0.3, -0.25) is 4.98 Å². The van der Waals surface area contributed by atoms with Crippen LogP contribution in [0.4, 0.5) is 0 Å². The fourth-order valence-electron chi connectivity index (χ4n) is 3.68. The zero-order chi connectivity index (χ0) is 22.4. The minimum Gasteiger partial charge on any atom is -0.466 e. The highest BCUT2D eigenvalue weighted by atomic mass is 16.6. The molecule has 1 N–H and O–H groups in total. The van der Waals surface area contributed by atoms with Crippen LogP contribution >= 0.6 is 0 Å². The van der Waals surface area contributed by atoms with Crippen molar-refractivity contribution in [1.29, 1.82) is 0 Å². The number of aromatic nitrogens is 1. The Hall–Kier alpha value is -3.45. The summed E-state index contributed by atoms with van der Waals surface area (Å²) in [4.78, 5) is 30.2. The predicted octanol–water partition coefficient (Wildman–Crippen LogP) is 3.42. The van der Waals surface area contributed by atoms with Crippen LogP contribution in [0.5, 0.6) is 0 Å². The summed E-state index contributed by atoms with van der Waals surface area (Å²) in [6.45, 7) is 3.57. The number of methoxy groups -OCH3 is 2. The average molecular weight is 422 g/mol. The number of pyridine rings is 1. The van der Waals surface area contributed by atoms with Gasteiger partial charge in [-0.15, -0.1) is 0 Å². The second kappa shape index (κ2) is 10.0. The van der Waals surface area contributed by atoms with E-state index in [9.17, 15) is 9.59 Å². The molecule has 7 nitrogen and oxygen atoms in total. The number of benzene rings is 1. The van der Waals surface area contributed by atoms with Crippen LogP contribution in [0.1, 0.15) is 37.1 Å². The first-order chi connectivity index (χ1) is 15.0. The fourth-order valence-corrected chi connectivity index (χ4v) is 3.68. The van der Waals surface area contributed by atoms with Crippen molar-refractivity contribution in [3.63, 3.8) is 0 Å². The molecule has 1 aromatic carbocycles. The topological polar surface area (TPSA) is 86.8 Å². The first-order valence-corrected chi connectivity index (χ1v) is 9.90. The van der Waals surface area contributed by atoms with E-state index in [1.54, 1.807) is 39.3 Å². The number of ether oxygens (including phenoxy) is 3. The number of allylic oxidation sites excluding steroid dienone is 2. The lowest BCUT2D eigenvalue weighted by Crippen LogP contribution is -2.33. The normalized spacial score (nSPS) is 17.1. The number of hydrogen-bond donors (Lipinski definition) is 1. The summed E-state index contributed by atoms with van der Waals surface area (Å²) in [6.07, 6.45) is 1.21. The lowest BCUT2D eigenvalue weighted by atomic mass is 9.83. The van der Waals surface area contributed by atoms with Gasteiger partial charge in [0.15, 0.2) is 0 Å². The lowest BCUT2D eigenvalue weighted by Gasteiger charge is -2.30. The van der Waals surface area contributed by atoms with Crippen molar-refractivity contribution >= 4 is 11.9 Å². The maximum atomic E-state index is 13.2. The molecule has 2 atom stereocenters. The average Bonchev–Trinajstić information content (AvgIpc) is 2.79. The Bertz CT molecular complexity index is 999. The van der Waals surface area contributed by atoms with Gasteiger partial charge in [-0.05, 0) is 31.5 Å². The zero-order valence-electron chi connectivity index (χ0n) is 18.0. The smallest absolute Gasteiger partial charge is 0.336 e. The molecule has 162 valence electrons. The Morgan fingerprint density at radius 3 is 2.19 bits per heavy atom. The van der Waals surface area contributed by atoms with Crippen molar-refractivity contribution in [1.82, 2.24) is 10.3 Å². The van der Waals surface area contributed by atoms with Crippen LogP contribution in [0.15, 0.2) is 77.3 Å². The van der Waals surface area contributed by atoms with Gasteiger partial charge >= 0.3 is 11.9 Å². The maximum Gasteiger partial charge on any atom is 0.336 e. The van der Waals surface area contributed by atoms with Crippen LogP contribution in [-0.4, -0.2) is 37.7 Å². The standard InChI is InChI=1S/C24H26N2O5/c1-15-20(23(27)30-4)22(18-12-8-9-13-25-18)21(16(2)26-15)24(28)31-14-19(29-3)17-10-6-5-7-11-17/h5-13,19,22,26H,14H2,1-4H3. The molecular formula is C24H26N2O5. The fraction of sp³-hybridized carbons (Fsp3) is 0.292. The Labute approximate surface area is 181 Å². The minimum absolute atomic E-state index is 0.0291. The summed E-state index contributed by atoms with van der Waals surface area (Å²) in [7, 11) is 2.88. The highest BCUT2D eigenvalue weighted by Crippen LogP contribution is 2.38. The van der Waals surface area contributed by atoms with Gasteiger partial charge in [0, 0.05) is 24.7 Å². The van der Waals surface area contributed by atoms with E-state index < -0.39 is 24.0 Å². The number of hydrogen-bond acceptors (Lipinski definition) is 7. The molecule has 1 aromatic heterocycles. The number of nitrogens with one attached hydrogen (secondary N) is 1. The number of carbonyl (C=O) groups excluding carboxylic acids is 2. The van der Waals surface area contributed by atoms with Crippen molar-refractivity contribution < 1.29 is 23.8 Å². The van der Waals surface area contributed by atoms with Crippen LogP contribution < -0.4 is 5.32 Å². The third-order valence-corrected chi connectivity index (χ3v) is 5.19. The van der Waals surface area contributed by atoms with Gasteiger partial charge in [-0.2, -0.15) is 0 Å². The minimum atomic E-state index is -0.708. The SMILES string of the molecule is COC(=O)C1=C(C)NC(C)=C(C(=O)OCC(OC)c2ccccc2)C1c1ccccn1. The molecule has 0 amide bonds. The molecule has 1 aliphatic rings. The second-order valence-electron chi connectivity index (χ2n) is 7.12. The van der Waals surface area contributed by atoms with Crippen LogP contribution in [0.3, 0.4) is 0 Å². The van der Waals surface area contributed by atoms with Crippen molar-refractivity contribution in [2.45, 2.75) is 25.9 Å². The van der Waals surface area contributed by atoms with Crippen LogP contribution in [-0.2, 0) is 23.8 Å². The molecule has 0 spiro atoms. The van der Waals surface area contributed by atoms with E-state index in [-0.39, 0.29) is 6.61 Å². The van der Waals surface area contributed by atoms with Gasteiger partial charge in [-0.1, -0.05) is 36.4 Å². The molecule has 0 radical (unpaired) electrons. The van der Waals surface area contributed by atoms with Gasteiger partial charge in [-0.25, -0.2) is 9.59 Å². The van der Waals surface area contributed by atoms with E-state index in [0.717, 1.165) is 5.56 Å². The molecule has 2 heterocycles.